The molecule has 1 aliphatic heterocycles. The molecule has 7 heteroatoms. The molecule has 3 rings (SSSR count). The zero-order chi connectivity index (χ0) is 17.8. The molecule has 0 bridgehead atoms. The van der Waals surface area contributed by atoms with Crippen molar-refractivity contribution in [3.05, 3.63) is 34.5 Å². The molecule has 0 radical (unpaired) electrons. The minimum atomic E-state index is -0.0371. The number of carbonyl (C=O) groups is 1. The molecule has 0 atom stereocenters. The standard InChI is InChI=1S/C18H27N5O2/c1-4-5-6-22-7-8-23-16(12-22)9-15(20-23)11-19-18(24)10-17-13(2)21-25-14(17)3/h9H,4-8,10-12H2,1-3H3,(H,19,24). The van der Waals surface area contributed by atoms with Crippen LogP contribution < -0.4 is 5.32 Å². The van der Waals surface area contributed by atoms with Crippen molar-refractivity contribution in [1.82, 2.24) is 25.2 Å². The molecule has 0 aliphatic carbocycles. The first-order valence-electron chi connectivity index (χ1n) is 9.03. The fourth-order valence-corrected chi connectivity index (χ4v) is 3.21. The van der Waals surface area contributed by atoms with E-state index in [0.717, 1.165) is 43.1 Å². The van der Waals surface area contributed by atoms with E-state index in [1.165, 1.54) is 18.5 Å². The first-order chi connectivity index (χ1) is 12.1. The van der Waals surface area contributed by atoms with Crippen LogP contribution in [0.4, 0.5) is 0 Å². The monoisotopic (exact) mass is 345 g/mol. The second-order valence-electron chi connectivity index (χ2n) is 6.74. The van der Waals surface area contributed by atoms with Crippen LogP contribution in [-0.4, -0.2) is 38.8 Å². The molecule has 2 aromatic heterocycles. The molecular weight excluding hydrogens is 318 g/mol. The summed E-state index contributed by atoms with van der Waals surface area (Å²) < 4.78 is 7.17. The van der Waals surface area contributed by atoms with Gasteiger partial charge in [-0.05, 0) is 32.9 Å². The number of aryl methyl sites for hydroxylation is 2. The highest BCUT2D eigenvalue weighted by Crippen LogP contribution is 2.15. The first kappa shape index (κ1) is 17.7. The van der Waals surface area contributed by atoms with E-state index in [2.05, 4.69) is 38.1 Å². The van der Waals surface area contributed by atoms with Crippen LogP contribution >= 0.6 is 0 Å². The van der Waals surface area contributed by atoms with Crippen molar-refractivity contribution in [3.8, 4) is 0 Å². The Morgan fingerprint density at radius 3 is 2.92 bits per heavy atom. The molecule has 1 N–H and O–H groups in total. The zero-order valence-corrected chi connectivity index (χ0v) is 15.3. The van der Waals surface area contributed by atoms with E-state index in [0.29, 0.717) is 18.7 Å². The Morgan fingerprint density at radius 1 is 1.36 bits per heavy atom. The van der Waals surface area contributed by atoms with E-state index in [1.54, 1.807) is 0 Å². The lowest BCUT2D eigenvalue weighted by Crippen LogP contribution is -2.34. The number of unbranched alkanes of at least 4 members (excludes halogenated alkanes) is 1. The Hall–Kier alpha value is -2.15. The highest BCUT2D eigenvalue weighted by atomic mass is 16.5. The summed E-state index contributed by atoms with van der Waals surface area (Å²) in [6.45, 7) is 10.4. The maximum Gasteiger partial charge on any atom is 0.224 e. The predicted octanol–water partition coefficient (Wildman–Crippen LogP) is 1.96. The lowest BCUT2D eigenvalue weighted by molar-refractivity contribution is -0.120. The van der Waals surface area contributed by atoms with Crippen LogP contribution in [0.1, 0.15) is 48.2 Å². The third kappa shape index (κ3) is 4.28. The largest absolute Gasteiger partial charge is 0.361 e. The van der Waals surface area contributed by atoms with E-state index in [1.807, 2.05) is 13.8 Å². The van der Waals surface area contributed by atoms with Gasteiger partial charge < -0.3 is 9.84 Å². The van der Waals surface area contributed by atoms with Gasteiger partial charge in [-0.3, -0.25) is 14.4 Å². The lowest BCUT2D eigenvalue weighted by Gasteiger charge is -2.27. The molecule has 1 amide bonds. The number of hydrogen-bond acceptors (Lipinski definition) is 5. The summed E-state index contributed by atoms with van der Waals surface area (Å²) >= 11 is 0. The maximum absolute atomic E-state index is 12.2. The molecule has 0 saturated heterocycles. The Kier molecular flexibility index (Phi) is 5.53. The van der Waals surface area contributed by atoms with Crippen molar-refractivity contribution < 1.29 is 9.32 Å². The smallest absolute Gasteiger partial charge is 0.224 e. The average molecular weight is 345 g/mol. The quantitative estimate of drug-likeness (QED) is 0.830. The normalized spacial score (nSPS) is 14.5. The summed E-state index contributed by atoms with van der Waals surface area (Å²) in [6.07, 6.45) is 2.75. The Labute approximate surface area is 148 Å². The number of rotatable bonds is 7. The average Bonchev–Trinajstić information content (AvgIpc) is 3.15. The highest BCUT2D eigenvalue weighted by Gasteiger charge is 2.18. The van der Waals surface area contributed by atoms with E-state index < -0.39 is 0 Å². The SMILES string of the molecule is CCCCN1CCn2nc(CNC(=O)Cc3c(C)noc3C)cc2C1. The fraction of sp³-hybridized carbons (Fsp3) is 0.611. The van der Waals surface area contributed by atoms with E-state index in [4.69, 9.17) is 4.52 Å². The van der Waals surface area contributed by atoms with Crippen LogP contribution in [0.2, 0.25) is 0 Å². The molecule has 0 unspecified atom stereocenters. The van der Waals surface area contributed by atoms with Gasteiger partial charge in [-0.25, -0.2) is 0 Å². The maximum atomic E-state index is 12.2. The van der Waals surface area contributed by atoms with Gasteiger partial charge in [-0.15, -0.1) is 0 Å². The number of nitrogens with zero attached hydrogens (tertiary/aromatic N) is 4. The van der Waals surface area contributed by atoms with Crippen molar-refractivity contribution in [2.75, 3.05) is 13.1 Å². The van der Waals surface area contributed by atoms with E-state index in [9.17, 15) is 4.79 Å². The van der Waals surface area contributed by atoms with Crippen LogP contribution in [0.15, 0.2) is 10.6 Å². The predicted molar refractivity (Wildman–Crippen MR) is 93.9 cm³/mol. The second-order valence-corrected chi connectivity index (χ2v) is 6.74. The Balaban J connectivity index is 1.53. The van der Waals surface area contributed by atoms with Gasteiger partial charge in [0.15, 0.2) is 0 Å². The number of amides is 1. The Bertz CT molecular complexity index is 714. The van der Waals surface area contributed by atoms with Gasteiger partial charge in [0, 0.05) is 18.7 Å². The second kappa shape index (κ2) is 7.82. The van der Waals surface area contributed by atoms with Gasteiger partial charge >= 0.3 is 0 Å². The molecule has 0 fully saturated rings. The van der Waals surface area contributed by atoms with Gasteiger partial charge in [0.1, 0.15) is 5.76 Å². The number of nitrogens with one attached hydrogen (secondary N) is 1. The van der Waals surface area contributed by atoms with Crippen molar-refractivity contribution in [3.63, 3.8) is 0 Å². The highest BCUT2D eigenvalue weighted by molar-refractivity contribution is 5.78. The third-order valence-corrected chi connectivity index (χ3v) is 4.74. The van der Waals surface area contributed by atoms with Gasteiger partial charge in [0.25, 0.3) is 0 Å². The molecule has 25 heavy (non-hydrogen) atoms. The van der Waals surface area contributed by atoms with Crippen molar-refractivity contribution in [1.29, 1.82) is 0 Å². The molecule has 0 spiro atoms. The summed E-state index contributed by atoms with van der Waals surface area (Å²) in [7, 11) is 0. The molecular formula is C18H27N5O2. The minimum absolute atomic E-state index is 0.0371. The van der Waals surface area contributed by atoms with Crippen molar-refractivity contribution in [2.24, 2.45) is 0 Å². The fourth-order valence-electron chi connectivity index (χ4n) is 3.21. The summed E-state index contributed by atoms with van der Waals surface area (Å²) in [5.41, 5.74) is 3.79. The zero-order valence-electron chi connectivity index (χ0n) is 15.3. The van der Waals surface area contributed by atoms with Gasteiger partial charge in [-0.2, -0.15) is 5.10 Å². The summed E-state index contributed by atoms with van der Waals surface area (Å²) in [4.78, 5) is 14.7. The van der Waals surface area contributed by atoms with Gasteiger partial charge in [0.05, 0.1) is 36.6 Å². The third-order valence-electron chi connectivity index (χ3n) is 4.74. The van der Waals surface area contributed by atoms with Crippen molar-refractivity contribution >= 4 is 5.91 Å². The molecule has 136 valence electrons. The first-order valence-corrected chi connectivity index (χ1v) is 9.03. The molecule has 2 aromatic rings. The minimum Gasteiger partial charge on any atom is -0.361 e. The number of fused-ring (bicyclic) bond motifs is 1. The van der Waals surface area contributed by atoms with Crippen LogP contribution in [-0.2, 0) is 30.8 Å². The van der Waals surface area contributed by atoms with Crippen LogP contribution in [0.3, 0.4) is 0 Å². The van der Waals surface area contributed by atoms with Gasteiger partial charge in [0.2, 0.25) is 5.91 Å². The summed E-state index contributed by atoms with van der Waals surface area (Å²) in [6, 6.07) is 2.11. The number of hydrogen-bond donors (Lipinski definition) is 1. The molecule has 0 saturated carbocycles. The van der Waals surface area contributed by atoms with E-state index in [-0.39, 0.29) is 5.91 Å². The number of carbonyl (C=O) groups excluding carboxylic acids is 1. The van der Waals surface area contributed by atoms with E-state index >= 15 is 0 Å². The van der Waals surface area contributed by atoms with Crippen molar-refractivity contribution in [2.45, 2.75) is 59.7 Å². The van der Waals surface area contributed by atoms with Crippen LogP contribution in [0, 0.1) is 13.8 Å². The molecule has 3 heterocycles. The molecule has 1 aliphatic rings. The Morgan fingerprint density at radius 2 is 2.20 bits per heavy atom. The van der Waals surface area contributed by atoms with Crippen LogP contribution in [0.25, 0.3) is 0 Å². The number of aromatic nitrogens is 3. The summed E-state index contributed by atoms with van der Waals surface area (Å²) in [5, 5.41) is 11.4. The molecule has 7 nitrogen and oxygen atoms in total. The summed E-state index contributed by atoms with van der Waals surface area (Å²) in [5.74, 6) is 0.669. The van der Waals surface area contributed by atoms with Gasteiger partial charge in [-0.1, -0.05) is 18.5 Å². The lowest BCUT2D eigenvalue weighted by atomic mass is 10.1. The molecule has 0 aromatic carbocycles. The van der Waals surface area contributed by atoms with Crippen LogP contribution in [0.5, 0.6) is 0 Å². The topological polar surface area (TPSA) is 76.2 Å².